The summed E-state index contributed by atoms with van der Waals surface area (Å²) in [7, 11) is 0. The zero-order chi connectivity index (χ0) is 19.4. The van der Waals surface area contributed by atoms with Crippen molar-refractivity contribution in [3.8, 4) is 0 Å². The Bertz CT molecular complexity index is 368. The normalized spacial score (nSPS) is 11.8. The SMILES string of the molecule is C/C(=C\C(C)(C)C)C(=O)O.CC(C)CC(C)(C)C.CC=C(C)C. The fourth-order valence-corrected chi connectivity index (χ4v) is 1.94. The summed E-state index contributed by atoms with van der Waals surface area (Å²) >= 11 is 0. The molecule has 0 bridgehead atoms. The molecule has 0 aromatic rings. The second kappa shape index (κ2) is 12.4. The summed E-state index contributed by atoms with van der Waals surface area (Å²) in [6.07, 6.45) is 5.16. The number of aliphatic carboxylic acids is 1. The van der Waals surface area contributed by atoms with E-state index in [4.69, 9.17) is 5.11 Å². The highest BCUT2D eigenvalue weighted by atomic mass is 16.4. The van der Waals surface area contributed by atoms with E-state index in [1.807, 2.05) is 27.7 Å². The van der Waals surface area contributed by atoms with Crippen molar-refractivity contribution in [2.45, 2.75) is 89.5 Å². The van der Waals surface area contributed by atoms with Crippen molar-refractivity contribution in [3.63, 3.8) is 0 Å². The predicted octanol–water partition coefficient (Wildman–Crippen LogP) is 7.11. The molecule has 0 amide bonds. The molecule has 0 rings (SSSR count). The van der Waals surface area contributed by atoms with E-state index in [9.17, 15) is 4.79 Å². The van der Waals surface area contributed by atoms with E-state index in [1.54, 1.807) is 13.0 Å². The lowest BCUT2D eigenvalue weighted by molar-refractivity contribution is -0.132. The highest BCUT2D eigenvalue weighted by molar-refractivity contribution is 5.85. The molecule has 0 aliphatic heterocycles. The molecule has 0 fully saturated rings. The van der Waals surface area contributed by atoms with Gasteiger partial charge in [-0.1, -0.05) is 73.1 Å². The quantitative estimate of drug-likeness (QED) is 0.433. The molecule has 0 atom stereocenters. The van der Waals surface area contributed by atoms with Crippen LogP contribution in [0.2, 0.25) is 0 Å². The van der Waals surface area contributed by atoms with E-state index in [0.717, 1.165) is 5.92 Å². The van der Waals surface area contributed by atoms with Crippen LogP contribution in [0, 0.1) is 16.7 Å². The average molecular weight is 327 g/mol. The zero-order valence-electron chi connectivity index (χ0n) is 17.8. The summed E-state index contributed by atoms with van der Waals surface area (Å²) in [5.74, 6) is 0.00456. The van der Waals surface area contributed by atoms with Gasteiger partial charge < -0.3 is 5.11 Å². The minimum absolute atomic E-state index is 0.0392. The van der Waals surface area contributed by atoms with Crippen molar-refractivity contribution in [1.29, 1.82) is 0 Å². The molecule has 0 unspecified atom stereocenters. The van der Waals surface area contributed by atoms with Crippen molar-refractivity contribution < 1.29 is 9.90 Å². The minimum atomic E-state index is -0.838. The largest absolute Gasteiger partial charge is 0.478 e. The van der Waals surface area contributed by atoms with E-state index >= 15 is 0 Å². The molecule has 138 valence electrons. The topological polar surface area (TPSA) is 37.3 Å². The van der Waals surface area contributed by atoms with Crippen LogP contribution in [-0.2, 0) is 4.79 Å². The Hall–Kier alpha value is -1.05. The first kappa shape index (κ1) is 26.8. The first-order chi connectivity index (χ1) is 10.0. The first-order valence-electron chi connectivity index (χ1n) is 8.54. The number of hydrogen-bond donors (Lipinski definition) is 1. The van der Waals surface area contributed by atoms with E-state index in [0.29, 0.717) is 11.0 Å². The van der Waals surface area contributed by atoms with Gasteiger partial charge >= 0.3 is 5.97 Å². The molecule has 0 saturated heterocycles. The van der Waals surface area contributed by atoms with Crippen LogP contribution in [0.15, 0.2) is 23.3 Å². The second-order valence-corrected chi connectivity index (χ2v) is 9.02. The van der Waals surface area contributed by atoms with Crippen LogP contribution in [0.1, 0.15) is 89.5 Å². The number of hydrogen-bond acceptors (Lipinski definition) is 1. The standard InChI is InChI=1S/C8H14O2.C8H18.C5H10/c1-6(7(9)10)5-8(2,3)4;1-7(2)6-8(3,4)5;1-4-5(2)3/h5H,1-4H3,(H,9,10);7H,6H2,1-5H3;4H,1-3H3/b6-5+;;. The summed E-state index contributed by atoms with van der Waals surface area (Å²) < 4.78 is 0. The van der Waals surface area contributed by atoms with Gasteiger partial charge in [-0.05, 0) is 50.9 Å². The monoisotopic (exact) mass is 326 g/mol. The molecule has 0 aromatic carbocycles. The molecular formula is C21H42O2. The third kappa shape index (κ3) is 33.7. The van der Waals surface area contributed by atoms with E-state index in [-0.39, 0.29) is 5.41 Å². The average Bonchev–Trinajstić information content (AvgIpc) is 2.24. The van der Waals surface area contributed by atoms with Gasteiger partial charge in [0, 0.05) is 5.57 Å². The third-order valence-corrected chi connectivity index (χ3v) is 2.58. The lowest BCUT2D eigenvalue weighted by Gasteiger charge is -2.19. The van der Waals surface area contributed by atoms with E-state index in [2.05, 4.69) is 54.5 Å². The van der Waals surface area contributed by atoms with Crippen LogP contribution in [0.25, 0.3) is 0 Å². The minimum Gasteiger partial charge on any atom is -0.478 e. The fourth-order valence-electron chi connectivity index (χ4n) is 1.94. The fraction of sp³-hybridized carbons (Fsp3) is 0.762. The molecule has 0 spiro atoms. The van der Waals surface area contributed by atoms with Gasteiger partial charge in [-0.25, -0.2) is 4.79 Å². The van der Waals surface area contributed by atoms with Crippen molar-refractivity contribution >= 4 is 5.97 Å². The zero-order valence-corrected chi connectivity index (χ0v) is 17.8. The summed E-state index contributed by atoms with van der Waals surface area (Å²) in [5, 5.41) is 8.48. The molecule has 0 saturated carbocycles. The maximum atomic E-state index is 10.3. The maximum Gasteiger partial charge on any atom is 0.330 e. The Balaban J connectivity index is -0.000000276. The van der Waals surface area contributed by atoms with Crippen molar-refractivity contribution in [1.82, 2.24) is 0 Å². The van der Waals surface area contributed by atoms with Crippen molar-refractivity contribution in [2.75, 3.05) is 0 Å². The van der Waals surface area contributed by atoms with Crippen LogP contribution in [0.4, 0.5) is 0 Å². The number of carbonyl (C=O) groups is 1. The van der Waals surface area contributed by atoms with Gasteiger partial charge in [0.15, 0.2) is 0 Å². The lowest BCUT2D eigenvalue weighted by Crippen LogP contribution is -2.08. The number of carboxylic acid groups (broad SMARTS) is 1. The van der Waals surface area contributed by atoms with Crippen LogP contribution in [-0.4, -0.2) is 11.1 Å². The highest BCUT2D eigenvalue weighted by Gasteiger charge is 2.11. The first-order valence-corrected chi connectivity index (χ1v) is 8.54. The summed E-state index contributed by atoms with van der Waals surface area (Å²) in [4.78, 5) is 10.3. The van der Waals surface area contributed by atoms with E-state index < -0.39 is 5.97 Å². The molecule has 0 heterocycles. The Kier molecular flexibility index (Phi) is 14.4. The van der Waals surface area contributed by atoms with Crippen LogP contribution in [0.3, 0.4) is 0 Å². The lowest BCUT2D eigenvalue weighted by atomic mass is 9.86. The molecule has 23 heavy (non-hydrogen) atoms. The molecule has 2 heteroatoms. The molecular weight excluding hydrogens is 284 g/mol. The van der Waals surface area contributed by atoms with Gasteiger partial charge in [0.1, 0.15) is 0 Å². The second-order valence-electron chi connectivity index (χ2n) is 9.02. The maximum absolute atomic E-state index is 10.3. The third-order valence-electron chi connectivity index (χ3n) is 2.58. The van der Waals surface area contributed by atoms with Crippen molar-refractivity contribution in [3.05, 3.63) is 23.3 Å². The Labute approximate surface area is 146 Å². The van der Waals surface area contributed by atoms with Crippen LogP contribution >= 0.6 is 0 Å². The number of carboxylic acids is 1. The predicted molar refractivity (Wildman–Crippen MR) is 105 cm³/mol. The number of allylic oxidation sites excluding steroid dienone is 3. The Morgan fingerprint density at radius 1 is 1.00 bits per heavy atom. The molecule has 0 aliphatic carbocycles. The van der Waals surface area contributed by atoms with Gasteiger partial charge in [0.05, 0.1) is 0 Å². The van der Waals surface area contributed by atoms with Crippen LogP contribution in [0.5, 0.6) is 0 Å². The molecule has 0 aliphatic rings. The van der Waals surface area contributed by atoms with Gasteiger partial charge in [0.25, 0.3) is 0 Å². The van der Waals surface area contributed by atoms with Gasteiger partial charge in [-0.15, -0.1) is 0 Å². The summed E-state index contributed by atoms with van der Waals surface area (Å²) in [6, 6.07) is 0. The molecule has 1 N–H and O–H groups in total. The van der Waals surface area contributed by atoms with Crippen LogP contribution < -0.4 is 0 Å². The Morgan fingerprint density at radius 3 is 1.39 bits per heavy atom. The van der Waals surface area contributed by atoms with Gasteiger partial charge in [-0.2, -0.15) is 0 Å². The van der Waals surface area contributed by atoms with Gasteiger partial charge in [-0.3, -0.25) is 0 Å². The molecule has 0 radical (unpaired) electrons. The number of rotatable bonds is 2. The molecule has 0 aromatic heterocycles. The summed E-state index contributed by atoms with van der Waals surface area (Å²) in [5.41, 5.74) is 2.27. The Morgan fingerprint density at radius 2 is 1.35 bits per heavy atom. The van der Waals surface area contributed by atoms with Gasteiger partial charge in [0.2, 0.25) is 0 Å². The van der Waals surface area contributed by atoms with Crippen molar-refractivity contribution in [2.24, 2.45) is 16.7 Å². The highest BCUT2D eigenvalue weighted by Crippen LogP contribution is 2.23. The molecule has 2 nitrogen and oxygen atoms in total. The van der Waals surface area contributed by atoms with E-state index in [1.165, 1.54) is 12.0 Å². The smallest absolute Gasteiger partial charge is 0.330 e. The summed E-state index contributed by atoms with van der Waals surface area (Å²) in [6.45, 7) is 25.1.